The van der Waals surface area contributed by atoms with Gasteiger partial charge in [-0.2, -0.15) is 5.10 Å². The smallest absolute Gasteiger partial charge is 0.339 e. The summed E-state index contributed by atoms with van der Waals surface area (Å²) in [5.74, 6) is -3.09. The number of hydrogen-bond donors (Lipinski definition) is 1. The standard InChI is InChI=1S/C24H20F2N4O3/c1-13-21-17(12-19(15-7-5-4-6-8-15)27-22(21)30(3)29-13)24(32)33-14(2)23(31)28-20-11-16(25)9-10-18(20)26/h4-12,14H,1-3H3,(H,28,31). The maximum Gasteiger partial charge on any atom is 0.339 e. The second-order valence-corrected chi connectivity index (χ2v) is 7.49. The Labute approximate surface area is 188 Å². The zero-order valence-corrected chi connectivity index (χ0v) is 18.1. The van der Waals surface area contributed by atoms with Crippen LogP contribution in [0.1, 0.15) is 23.0 Å². The molecule has 0 saturated carbocycles. The lowest BCUT2D eigenvalue weighted by Gasteiger charge is -2.15. The normalized spacial score (nSPS) is 11.9. The van der Waals surface area contributed by atoms with Gasteiger partial charge in [0.25, 0.3) is 5.91 Å². The molecule has 2 heterocycles. The highest BCUT2D eigenvalue weighted by Crippen LogP contribution is 2.27. The fourth-order valence-electron chi connectivity index (χ4n) is 3.47. The number of anilines is 1. The number of fused-ring (bicyclic) bond motifs is 1. The molecule has 1 atom stereocenters. The number of aromatic nitrogens is 3. The molecule has 33 heavy (non-hydrogen) atoms. The fourth-order valence-corrected chi connectivity index (χ4v) is 3.47. The molecule has 0 fully saturated rings. The van der Waals surface area contributed by atoms with Gasteiger partial charge < -0.3 is 10.1 Å². The van der Waals surface area contributed by atoms with E-state index in [4.69, 9.17) is 4.74 Å². The number of carbonyl (C=O) groups is 2. The van der Waals surface area contributed by atoms with Crippen LogP contribution in [0.3, 0.4) is 0 Å². The van der Waals surface area contributed by atoms with Crippen molar-refractivity contribution in [2.24, 2.45) is 7.05 Å². The third kappa shape index (κ3) is 4.43. The summed E-state index contributed by atoms with van der Waals surface area (Å²) in [4.78, 5) is 30.2. The molecule has 0 bridgehead atoms. The van der Waals surface area contributed by atoms with Crippen molar-refractivity contribution in [2.45, 2.75) is 20.0 Å². The van der Waals surface area contributed by atoms with Gasteiger partial charge in [-0.05, 0) is 32.0 Å². The second kappa shape index (κ2) is 8.78. The number of rotatable bonds is 5. The zero-order valence-electron chi connectivity index (χ0n) is 18.1. The van der Waals surface area contributed by atoms with Crippen molar-refractivity contribution in [3.63, 3.8) is 0 Å². The summed E-state index contributed by atoms with van der Waals surface area (Å²) in [5.41, 5.74) is 2.24. The van der Waals surface area contributed by atoms with E-state index in [0.717, 1.165) is 23.8 Å². The lowest BCUT2D eigenvalue weighted by Crippen LogP contribution is -2.30. The first kappa shape index (κ1) is 22.1. The molecule has 0 aliphatic rings. The Morgan fingerprint density at radius 3 is 2.55 bits per heavy atom. The summed E-state index contributed by atoms with van der Waals surface area (Å²) < 4.78 is 34.2. The Hall–Kier alpha value is -4.14. The molecule has 1 amide bonds. The number of pyridine rings is 1. The van der Waals surface area contributed by atoms with Crippen LogP contribution in [0, 0.1) is 18.6 Å². The minimum Gasteiger partial charge on any atom is -0.449 e. The Balaban J connectivity index is 1.64. The third-order valence-electron chi connectivity index (χ3n) is 5.10. The van der Waals surface area contributed by atoms with Crippen LogP contribution >= 0.6 is 0 Å². The summed E-state index contributed by atoms with van der Waals surface area (Å²) in [7, 11) is 1.72. The number of benzene rings is 2. The maximum atomic E-state index is 13.8. The second-order valence-electron chi connectivity index (χ2n) is 7.49. The Morgan fingerprint density at radius 1 is 1.09 bits per heavy atom. The molecule has 7 nitrogen and oxygen atoms in total. The van der Waals surface area contributed by atoms with Gasteiger partial charge in [-0.25, -0.2) is 18.6 Å². The van der Waals surface area contributed by atoms with Gasteiger partial charge in [-0.15, -0.1) is 0 Å². The molecule has 0 aliphatic carbocycles. The van der Waals surface area contributed by atoms with Gasteiger partial charge in [-0.3, -0.25) is 9.48 Å². The summed E-state index contributed by atoms with van der Waals surface area (Å²) in [6.45, 7) is 3.09. The SMILES string of the molecule is Cc1nn(C)c2nc(-c3ccccc3)cc(C(=O)OC(C)C(=O)Nc3cc(F)ccc3F)c12. The molecule has 2 aromatic heterocycles. The van der Waals surface area contributed by atoms with E-state index in [-0.39, 0.29) is 11.3 Å². The quantitative estimate of drug-likeness (QED) is 0.456. The number of ether oxygens (including phenoxy) is 1. The van der Waals surface area contributed by atoms with Crippen molar-refractivity contribution in [2.75, 3.05) is 5.32 Å². The molecule has 0 saturated heterocycles. The maximum absolute atomic E-state index is 13.8. The number of nitrogens with one attached hydrogen (secondary N) is 1. The largest absolute Gasteiger partial charge is 0.449 e. The molecule has 1 N–H and O–H groups in total. The lowest BCUT2D eigenvalue weighted by molar-refractivity contribution is -0.123. The van der Waals surface area contributed by atoms with Gasteiger partial charge in [0.05, 0.1) is 28.0 Å². The van der Waals surface area contributed by atoms with Crippen LogP contribution in [0.4, 0.5) is 14.5 Å². The van der Waals surface area contributed by atoms with Crippen LogP contribution < -0.4 is 5.32 Å². The molecular formula is C24H20F2N4O3. The van der Waals surface area contributed by atoms with Crippen LogP contribution in [-0.2, 0) is 16.6 Å². The minimum absolute atomic E-state index is 0.195. The first-order valence-electron chi connectivity index (χ1n) is 10.1. The Morgan fingerprint density at radius 2 is 1.82 bits per heavy atom. The first-order valence-corrected chi connectivity index (χ1v) is 10.1. The zero-order chi connectivity index (χ0) is 23.7. The highest BCUT2D eigenvalue weighted by Gasteiger charge is 2.25. The molecule has 168 valence electrons. The average Bonchev–Trinajstić information content (AvgIpc) is 3.09. The molecule has 0 spiro atoms. The van der Waals surface area contributed by atoms with Crippen LogP contribution in [0.5, 0.6) is 0 Å². The van der Waals surface area contributed by atoms with Gasteiger partial charge in [-0.1, -0.05) is 30.3 Å². The van der Waals surface area contributed by atoms with Gasteiger partial charge in [0.15, 0.2) is 11.8 Å². The number of amides is 1. The molecule has 0 radical (unpaired) electrons. The molecular weight excluding hydrogens is 430 g/mol. The first-order chi connectivity index (χ1) is 15.7. The number of aryl methyl sites for hydroxylation is 2. The summed E-state index contributed by atoms with van der Waals surface area (Å²) in [6, 6.07) is 13.6. The van der Waals surface area contributed by atoms with Crippen molar-refractivity contribution in [1.29, 1.82) is 0 Å². The number of nitrogens with zero attached hydrogens (tertiary/aromatic N) is 3. The number of hydrogen-bond acceptors (Lipinski definition) is 5. The van der Waals surface area contributed by atoms with Crippen LogP contribution in [-0.4, -0.2) is 32.7 Å². The van der Waals surface area contributed by atoms with Crippen molar-refractivity contribution in [3.8, 4) is 11.3 Å². The fraction of sp³-hybridized carbons (Fsp3) is 0.167. The van der Waals surface area contributed by atoms with Crippen molar-refractivity contribution in [1.82, 2.24) is 14.8 Å². The van der Waals surface area contributed by atoms with E-state index in [1.165, 1.54) is 6.92 Å². The van der Waals surface area contributed by atoms with Crippen LogP contribution in [0.25, 0.3) is 22.3 Å². The van der Waals surface area contributed by atoms with E-state index >= 15 is 0 Å². The van der Waals surface area contributed by atoms with Gasteiger partial charge in [0, 0.05) is 18.7 Å². The lowest BCUT2D eigenvalue weighted by atomic mass is 10.1. The third-order valence-corrected chi connectivity index (χ3v) is 5.10. The van der Waals surface area contributed by atoms with E-state index in [0.29, 0.717) is 22.4 Å². The summed E-state index contributed by atoms with van der Waals surface area (Å²) in [6.07, 6.45) is -1.28. The van der Waals surface area contributed by atoms with Crippen LogP contribution in [0.15, 0.2) is 54.6 Å². The van der Waals surface area contributed by atoms with Crippen molar-refractivity contribution >= 4 is 28.6 Å². The molecule has 1 unspecified atom stereocenters. The molecule has 2 aromatic carbocycles. The average molecular weight is 450 g/mol. The Kier molecular flexibility index (Phi) is 5.87. The molecule has 9 heteroatoms. The minimum atomic E-state index is -1.28. The molecule has 0 aliphatic heterocycles. The number of esters is 1. The van der Waals surface area contributed by atoms with E-state index in [1.807, 2.05) is 30.3 Å². The highest BCUT2D eigenvalue weighted by atomic mass is 19.1. The van der Waals surface area contributed by atoms with Crippen molar-refractivity contribution < 1.29 is 23.1 Å². The van der Waals surface area contributed by atoms with E-state index in [2.05, 4.69) is 15.4 Å². The van der Waals surface area contributed by atoms with E-state index in [9.17, 15) is 18.4 Å². The highest BCUT2D eigenvalue weighted by molar-refractivity contribution is 6.06. The number of carbonyl (C=O) groups excluding carboxylic acids is 2. The molecule has 4 aromatic rings. The Bertz CT molecular complexity index is 1370. The predicted molar refractivity (Wildman–Crippen MR) is 119 cm³/mol. The number of halogens is 2. The van der Waals surface area contributed by atoms with Crippen LogP contribution in [0.2, 0.25) is 0 Å². The van der Waals surface area contributed by atoms with Gasteiger partial charge in [0.2, 0.25) is 0 Å². The predicted octanol–water partition coefficient (Wildman–Crippen LogP) is 4.41. The topological polar surface area (TPSA) is 86.1 Å². The van der Waals surface area contributed by atoms with Crippen molar-refractivity contribution in [3.05, 3.63) is 77.5 Å². The van der Waals surface area contributed by atoms with Gasteiger partial charge in [0.1, 0.15) is 11.6 Å². The van der Waals surface area contributed by atoms with E-state index < -0.39 is 29.6 Å². The summed E-state index contributed by atoms with van der Waals surface area (Å²) in [5, 5.41) is 7.09. The monoisotopic (exact) mass is 450 g/mol. The molecule has 4 rings (SSSR count). The summed E-state index contributed by atoms with van der Waals surface area (Å²) >= 11 is 0. The van der Waals surface area contributed by atoms with E-state index in [1.54, 1.807) is 24.7 Å². The van der Waals surface area contributed by atoms with Gasteiger partial charge >= 0.3 is 5.97 Å².